The molecular weight excluding hydrogens is 260 g/mol. The van der Waals surface area contributed by atoms with E-state index in [9.17, 15) is 0 Å². The van der Waals surface area contributed by atoms with Gasteiger partial charge >= 0.3 is 0 Å². The van der Waals surface area contributed by atoms with Crippen LogP contribution in [-0.4, -0.2) is 21.8 Å². The maximum absolute atomic E-state index is 4.43. The summed E-state index contributed by atoms with van der Waals surface area (Å²) in [6.45, 7) is 7.49. The first kappa shape index (κ1) is 15.7. The molecule has 2 rings (SSSR count). The lowest BCUT2D eigenvalue weighted by Crippen LogP contribution is -2.22. The molecular formula is C17H26N4. The lowest BCUT2D eigenvalue weighted by Gasteiger charge is -2.17. The first-order valence-corrected chi connectivity index (χ1v) is 7.76. The van der Waals surface area contributed by atoms with Gasteiger partial charge in [0.15, 0.2) is 0 Å². The van der Waals surface area contributed by atoms with Gasteiger partial charge in [0.05, 0.1) is 0 Å². The molecule has 1 atom stereocenters. The van der Waals surface area contributed by atoms with E-state index in [0.29, 0.717) is 5.92 Å². The molecule has 0 amide bonds. The van der Waals surface area contributed by atoms with Crippen molar-refractivity contribution in [3.63, 3.8) is 0 Å². The Labute approximate surface area is 127 Å². The van der Waals surface area contributed by atoms with E-state index in [-0.39, 0.29) is 6.04 Å². The maximum Gasteiger partial charge on any atom is 0.138 e. The van der Waals surface area contributed by atoms with Gasteiger partial charge in [-0.1, -0.05) is 45.0 Å². The highest BCUT2D eigenvalue weighted by atomic mass is 15.3. The molecule has 1 N–H and O–H groups in total. The van der Waals surface area contributed by atoms with Crippen LogP contribution in [-0.2, 0) is 19.4 Å². The van der Waals surface area contributed by atoms with Crippen molar-refractivity contribution < 1.29 is 0 Å². The molecule has 0 bridgehead atoms. The van der Waals surface area contributed by atoms with Gasteiger partial charge in [-0.15, -0.1) is 0 Å². The molecule has 1 aromatic carbocycles. The van der Waals surface area contributed by atoms with Crippen LogP contribution in [0.1, 0.15) is 43.8 Å². The van der Waals surface area contributed by atoms with Gasteiger partial charge in [-0.05, 0) is 30.5 Å². The topological polar surface area (TPSA) is 42.7 Å². The first-order valence-electron chi connectivity index (χ1n) is 7.76. The highest BCUT2D eigenvalue weighted by Crippen LogP contribution is 2.18. The van der Waals surface area contributed by atoms with Crippen molar-refractivity contribution in [1.29, 1.82) is 0 Å². The molecule has 0 saturated carbocycles. The minimum atomic E-state index is 0.269. The first-order chi connectivity index (χ1) is 10.1. The molecule has 114 valence electrons. The molecule has 0 saturated heterocycles. The van der Waals surface area contributed by atoms with Crippen LogP contribution in [0.15, 0.2) is 30.6 Å². The maximum atomic E-state index is 4.43. The minimum absolute atomic E-state index is 0.269. The molecule has 1 unspecified atom stereocenters. The quantitative estimate of drug-likeness (QED) is 0.851. The Kier molecular flexibility index (Phi) is 5.51. The van der Waals surface area contributed by atoms with E-state index in [0.717, 1.165) is 25.2 Å². The number of hydrogen-bond donors (Lipinski definition) is 1. The van der Waals surface area contributed by atoms with Crippen LogP contribution in [0.25, 0.3) is 0 Å². The summed E-state index contributed by atoms with van der Waals surface area (Å²) < 4.78 is 2.02. The number of aromatic nitrogens is 3. The van der Waals surface area contributed by atoms with Crippen LogP contribution >= 0.6 is 0 Å². The molecule has 4 nitrogen and oxygen atoms in total. The molecule has 0 aliphatic rings. The SMILES string of the molecule is CCc1ccc(C(Cc2ncnn2CC(C)C)NC)cc1. The zero-order valence-corrected chi connectivity index (χ0v) is 13.5. The standard InChI is InChI=1S/C17H26N4/c1-5-14-6-8-15(9-7-14)16(18-4)10-17-19-12-20-21(17)11-13(2)3/h6-9,12-13,16,18H,5,10-11H2,1-4H3. The summed E-state index contributed by atoms with van der Waals surface area (Å²) in [5, 5.41) is 7.74. The van der Waals surface area contributed by atoms with Crippen molar-refractivity contribution in [2.45, 2.75) is 46.2 Å². The molecule has 21 heavy (non-hydrogen) atoms. The van der Waals surface area contributed by atoms with Crippen LogP contribution in [0, 0.1) is 5.92 Å². The van der Waals surface area contributed by atoms with Crippen LogP contribution in [0.4, 0.5) is 0 Å². The predicted molar refractivity (Wildman–Crippen MR) is 86.2 cm³/mol. The molecule has 1 aromatic heterocycles. The summed E-state index contributed by atoms with van der Waals surface area (Å²) >= 11 is 0. The van der Waals surface area contributed by atoms with Crippen LogP contribution in [0.2, 0.25) is 0 Å². The van der Waals surface area contributed by atoms with Crippen molar-refractivity contribution in [3.8, 4) is 0 Å². The number of benzene rings is 1. The van der Waals surface area contributed by atoms with E-state index in [1.165, 1.54) is 11.1 Å². The summed E-state index contributed by atoms with van der Waals surface area (Å²) in [5.41, 5.74) is 2.67. The number of hydrogen-bond acceptors (Lipinski definition) is 3. The van der Waals surface area contributed by atoms with Gasteiger partial charge in [-0.3, -0.25) is 0 Å². The van der Waals surface area contributed by atoms with Crippen molar-refractivity contribution in [3.05, 3.63) is 47.5 Å². The third-order valence-corrected chi connectivity index (χ3v) is 3.76. The smallest absolute Gasteiger partial charge is 0.138 e. The zero-order valence-electron chi connectivity index (χ0n) is 13.5. The summed E-state index contributed by atoms with van der Waals surface area (Å²) in [6.07, 6.45) is 3.59. The average molecular weight is 286 g/mol. The van der Waals surface area contributed by atoms with Crippen molar-refractivity contribution in [2.24, 2.45) is 5.92 Å². The third kappa shape index (κ3) is 4.14. The van der Waals surface area contributed by atoms with Crippen LogP contribution < -0.4 is 5.32 Å². The highest BCUT2D eigenvalue weighted by Gasteiger charge is 2.14. The largest absolute Gasteiger partial charge is 0.313 e. The molecule has 4 heteroatoms. The fourth-order valence-electron chi connectivity index (χ4n) is 2.50. The van der Waals surface area contributed by atoms with Crippen LogP contribution in [0.5, 0.6) is 0 Å². The molecule has 0 radical (unpaired) electrons. The minimum Gasteiger partial charge on any atom is -0.313 e. The number of nitrogens with one attached hydrogen (secondary N) is 1. The Morgan fingerprint density at radius 3 is 2.48 bits per heavy atom. The fourth-order valence-corrected chi connectivity index (χ4v) is 2.50. The lowest BCUT2D eigenvalue weighted by molar-refractivity contribution is 0.451. The van der Waals surface area contributed by atoms with Crippen molar-refractivity contribution >= 4 is 0 Å². The van der Waals surface area contributed by atoms with E-state index in [1.807, 2.05) is 11.7 Å². The summed E-state index contributed by atoms with van der Waals surface area (Å²) in [4.78, 5) is 4.43. The van der Waals surface area contributed by atoms with Gasteiger partial charge in [0.25, 0.3) is 0 Å². The van der Waals surface area contributed by atoms with E-state index < -0.39 is 0 Å². The second-order valence-electron chi connectivity index (χ2n) is 5.89. The second kappa shape index (κ2) is 7.36. The van der Waals surface area contributed by atoms with Gasteiger partial charge in [0.1, 0.15) is 12.2 Å². The normalized spacial score (nSPS) is 12.8. The zero-order chi connectivity index (χ0) is 15.2. The highest BCUT2D eigenvalue weighted by molar-refractivity contribution is 5.25. The van der Waals surface area contributed by atoms with E-state index in [4.69, 9.17) is 0 Å². The third-order valence-electron chi connectivity index (χ3n) is 3.76. The fraction of sp³-hybridized carbons (Fsp3) is 0.529. The molecule has 0 aliphatic heterocycles. The van der Waals surface area contributed by atoms with Crippen molar-refractivity contribution in [2.75, 3.05) is 7.05 Å². The van der Waals surface area contributed by atoms with Gasteiger partial charge in [0.2, 0.25) is 0 Å². The Bertz CT molecular complexity index is 542. The van der Waals surface area contributed by atoms with Gasteiger partial charge in [-0.2, -0.15) is 5.10 Å². The number of rotatable bonds is 7. The van der Waals surface area contributed by atoms with E-state index in [2.05, 4.69) is 60.4 Å². The molecule has 2 aromatic rings. The summed E-state index contributed by atoms with van der Waals surface area (Å²) in [6, 6.07) is 9.11. The van der Waals surface area contributed by atoms with E-state index in [1.54, 1.807) is 6.33 Å². The number of likely N-dealkylation sites (N-methyl/N-ethyl adjacent to an activating group) is 1. The van der Waals surface area contributed by atoms with Gasteiger partial charge < -0.3 is 5.32 Å². The molecule has 0 aliphatic carbocycles. The van der Waals surface area contributed by atoms with Crippen LogP contribution in [0.3, 0.4) is 0 Å². The molecule has 0 fully saturated rings. The second-order valence-corrected chi connectivity index (χ2v) is 5.89. The average Bonchev–Trinajstić information content (AvgIpc) is 2.91. The number of nitrogens with zero attached hydrogens (tertiary/aromatic N) is 3. The predicted octanol–water partition coefficient (Wildman–Crippen LogP) is 3.00. The molecule has 0 spiro atoms. The van der Waals surface area contributed by atoms with Gasteiger partial charge in [-0.25, -0.2) is 9.67 Å². The lowest BCUT2D eigenvalue weighted by atomic mass is 10.0. The summed E-state index contributed by atoms with van der Waals surface area (Å²) in [7, 11) is 2.00. The Morgan fingerprint density at radius 2 is 1.90 bits per heavy atom. The Balaban J connectivity index is 2.13. The Morgan fingerprint density at radius 1 is 1.19 bits per heavy atom. The van der Waals surface area contributed by atoms with E-state index >= 15 is 0 Å². The molecule has 1 heterocycles. The van der Waals surface area contributed by atoms with Crippen molar-refractivity contribution in [1.82, 2.24) is 20.1 Å². The van der Waals surface area contributed by atoms with Gasteiger partial charge in [0, 0.05) is 19.0 Å². The summed E-state index contributed by atoms with van der Waals surface area (Å²) in [5.74, 6) is 1.62. The Hall–Kier alpha value is -1.68. The monoisotopic (exact) mass is 286 g/mol. The number of aryl methyl sites for hydroxylation is 1.